The van der Waals surface area contributed by atoms with Gasteiger partial charge < -0.3 is 15.3 Å². The molecule has 0 saturated carbocycles. The van der Waals surface area contributed by atoms with Crippen molar-refractivity contribution in [2.45, 2.75) is 25.5 Å². The third-order valence-electron chi connectivity index (χ3n) is 4.48. The van der Waals surface area contributed by atoms with Crippen LogP contribution in [0.5, 0.6) is 0 Å². The number of aliphatic hydroxyl groups excluding tert-OH is 1. The van der Waals surface area contributed by atoms with Crippen LogP contribution in [0.3, 0.4) is 0 Å². The van der Waals surface area contributed by atoms with Crippen LogP contribution in [-0.2, 0) is 4.79 Å². The number of hydrogen-bond acceptors (Lipinski definition) is 5. The quantitative estimate of drug-likeness (QED) is 0.679. The van der Waals surface area contributed by atoms with Gasteiger partial charge in [-0.15, -0.1) is 0 Å². The summed E-state index contributed by atoms with van der Waals surface area (Å²) in [6, 6.07) is 0. The molecule has 1 atom stereocenters. The molecular formula is C14H28N4O2. The zero-order chi connectivity index (χ0) is 14.8. The monoisotopic (exact) mass is 284 g/mol. The van der Waals surface area contributed by atoms with E-state index in [0.29, 0.717) is 13.1 Å². The van der Waals surface area contributed by atoms with Crippen molar-refractivity contribution in [3.05, 3.63) is 0 Å². The third kappa shape index (κ3) is 3.49. The Morgan fingerprint density at radius 1 is 1.20 bits per heavy atom. The van der Waals surface area contributed by atoms with Gasteiger partial charge in [-0.25, -0.2) is 0 Å². The van der Waals surface area contributed by atoms with Crippen LogP contribution >= 0.6 is 0 Å². The highest BCUT2D eigenvalue weighted by Crippen LogP contribution is 2.21. The van der Waals surface area contributed by atoms with E-state index in [2.05, 4.69) is 15.1 Å². The van der Waals surface area contributed by atoms with Crippen molar-refractivity contribution in [1.29, 1.82) is 0 Å². The highest BCUT2D eigenvalue weighted by Gasteiger charge is 2.40. The van der Waals surface area contributed by atoms with Crippen LogP contribution < -0.4 is 5.32 Å². The first-order valence-electron chi connectivity index (χ1n) is 7.53. The molecule has 2 aliphatic rings. The van der Waals surface area contributed by atoms with Gasteiger partial charge in [0, 0.05) is 59.4 Å². The summed E-state index contributed by atoms with van der Waals surface area (Å²) in [6.07, 6.45) is -0.399. The van der Waals surface area contributed by atoms with Crippen molar-refractivity contribution in [2.24, 2.45) is 0 Å². The van der Waals surface area contributed by atoms with Gasteiger partial charge in [0.2, 0.25) is 5.91 Å². The SMILES string of the molecule is CN1CCN(CC(O)CN2CCNCC2)C(C)(C)C1=O. The van der Waals surface area contributed by atoms with Crippen molar-refractivity contribution >= 4 is 5.91 Å². The van der Waals surface area contributed by atoms with E-state index in [0.717, 1.165) is 39.3 Å². The van der Waals surface area contributed by atoms with Gasteiger partial charge in [-0.2, -0.15) is 0 Å². The molecule has 2 heterocycles. The smallest absolute Gasteiger partial charge is 0.242 e. The number of nitrogens with one attached hydrogen (secondary N) is 1. The van der Waals surface area contributed by atoms with Gasteiger partial charge in [-0.3, -0.25) is 14.6 Å². The van der Waals surface area contributed by atoms with Crippen molar-refractivity contribution in [3.63, 3.8) is 0 Å². The maximum absolute atomic E-state index is 12.2. The second-order valence-corrected chi connectivity index (χ2v) is 6.44. The lowest BCUT2D eigenvalue weighted by Crippen LogP contribution is -2.63. The van der Waals surface area contributed by atoms with Gasteiger partial charge in [0.25, 0.3) is 0 Å². The Kier molecular flexibility index (Phi) is 5.01. The summed E-state index contributed by atoms with van der Waals surface area (Å²) in [5.41, 5.74) is -0.516. The molecule has 116 valence electrons. The largest absolute Gasteiger partial charge is 0.390 e. The predicted octanol–water partition coefficient (Wildman–Crippen LogP) is -1.19. The number of β-amino-alcohol motifs (C(OH)–C–C–N with tert-alkyl or cyclic N) is 1. The summed E-state index contributed by atoms with van der Waals surface area (Å²) in [6.45, 7) is 10.7. The summed E-state index contributed by atoms with van der Waals surface area (Å²) in [5, 5.41) is 13.6. The zero-order valence-electron chi connectivity index (χ0n) is 12.9. The van der Waals surface area contributed by atoms with Crippen LogP contribution in [0.4, 0.5) is 0 Å². The Balaban J connectivity index is 1.86. The van der Waals surface area contributed by atoms with E-state index in [9.17, 15) is 9.90 Å². The van der Waals surface area contributed by atoms with Crippen LogP contribution in [-0.4, -0.2) is 96.8 Å². The number of rotatable bonds is 4. The molecule has 0 aromatic carbocycles. The van der Waals surface area contributed by atoms with Crippen LogP contribution in [0.25, 0.3) is 0 Å². The highest BCUT2D eigenvalue weighted by atomic mass is 16.3. The van der Waals surface area contributed by atoms with E-state index >= 15 is 0 Å². The standard InChI is InChI=1S/C14H28N4O2/c1-14(2)13(20)16(3)8-9-18(14)11-12(19)10-17-6-4-15-5-7-17/h12,15,19H,4-11H2,1-3H3. The number of likely N-dealkylation sites (N-methyl/N-ethyl adjacent to an activating group) is 1. The first-order chi connectivity index (χ1) is 9.41. The molecule has 6 nitrogen and oxygen atoms in total. The lowest BCUT2D eigenvalue weighted by Gasteiger charge is -2.45. The molecule has 0 aromatic heterocycles. The fourth-order valence-corrected chi connectivity index (χ4v) is 3.08. The fraction of sp³-hybridized carbons (Fsp3) is 0.929. The molecule has 0 bridgehead atoms. The Bertz CT molecular complexity index is 342. The average molecular weight is 284 g/mol. The molecule has 2 saturated heterocycles. The van der Waals surface area contributed by atoms with Gasteiger partial charge in [-0.1, -0.05) is 0 Å². The van der Waals surface area contributed by atoms with Crippen LogP contribution in [0.15, 0.2) is 0 Å². The molecule has 0 radical (unpaired) electrons. The molecule has 0 aliphatic carbocycles. The minimum absolute atomic E-state index is 0.137. The van der Waals surface area contributed by atoms with Gasteiger partial charge in [0.1, 0.15) is 0 Å². The molecule has 2 N–H and O–H groups in total. The zero-order valence-corrected chi connectivity index (χ0v) is 12.9. The highest BCUT2D eigenvalue weighted by molar-refractivity contribution is 5.86. The number of hydrogen-bond donors (Lipinski definition) is 2. The van der Waals surface area contributed by atoms with Crippen LogP contribution in [0.1, 0.15) is 13.8 Å². The average Bonchev–Trinajstić information content (AvgIpc) is 2.41. The minimum atomic E-state index is -0.516. The number of aliphatic hydroxyl groups is 1. The number of carbonyl (C=O) groups is 1. The molecule has 1 unspecified atom stereocenters. The number of amides is 1. The Labute approximate surface area is 121 Å². The molecule has 20 heavy (non-hydrogen) atoms. The van der Waals surface area contributed by atoms with E-state index in [1.54, 1.807) is 4.90 Å². The maximum atomic E-state index is 12.2. The number of piperazine rings is 2. The fourth-order valence-electron chi connectivity index (χ4n) is 3.08. The number of carbonyl (C=O) groups excluding carboxylic acids is 1. The normalized spacial score (nSPS) is 26.8. The summed E-state index contributed by atoms with van der Waals surface area (Å²) in [5.74, 6) is 0.137. The van der Waals surface area contributed by atoms with E-state index in [-0.39, 0.29) is 5.91 Å². The Hall–Kier alpha value is -0.690. The molecule has 2 aliphatic heterocycles. The Morgan fingerprint density at radius 3 is 2.50 bits per heavy atom. The second-order valence-electron chi connectivity index (χ2n) is 6.44. The molecule has 0 aromatic rings. The molecule has 2 fully saturated rings. The molecule has 2 rings (SSSR count). The van der Waals surface area contributed by atoms with Crippen LogP contribution in [0.2, 0.25) is 0 Å². The summed E-state index contributed by atoms with van der Waals surface area (Å²) in [7, 11) is 1.85. The van der Waals surface area contributed by atoms with Crippen molar-refractivity contribution in [1.82, 2.24) is 20.0 Å². The van der Waals surface area contributed by atoms with E-state index in [4.69, 9.17) is 0 Å². The lowest BCUT2D eigenvalue weighted by atomic mass is 9.97. The van der Waals surface area contributed by atoms with Crippen LogP contribution in [0, 0.1) is 0 Å². The van der Waals surface area contributed by atoms with E-state index in [1.807, 2.05) is 20.9 Å². The maximum Gasteiger partial charge on any atom is 0.242 e. The minimum Gasteiger partial charge on any atom is -0.390 e. The molecule has 1 amide bonds. The number of nitrogens with zero attached hydrogens (tertiary/aromatic N) is 3. The molecule has 6 heteroatoms. The van der Waals surface area contributed by atoms with E-state index in [1.165, 1.54) is 0 Å². The Morgan fingerprint density at radius 2 is 1.85 bits per heavy atom. The first-order valence-corrected chi connectivity index (χ1v) is 7.53. The van der Waals surface area contributed by atoms with Gasteiger partial charge in [0.15, 0.2) is 0 Å². The van der Waals surface area contributed by atoms with Crippen molar-refractivity contribution in [3.8, 4) is 0 Å². The van der Waals surface area contributed by atoms with Gasteiger partial charge in [0.05, 0.1) is 11.6 Å². The predicted molar refractivity (Wildman–Crippen MR) is 78.6 cm³/mol. The lowest BCUT2D eigenvalue weighted by molar-refractivity contribution is -0.148. The van der Waals surface area contributed by atoms with Crippen molar-refractivity contribution < 1.29 is 9.90 Å². The second kappa shape index (κ2) is 6.39. The first kappa shape index (κ1) is 15.7. The van der Waals surface area contributed by atoms with Gasteiger partial charge >= 0.3 is 0 Å². The topological polar surface area (TPSA) is 59.1 Å². The summed E-state index contributed by atoms with van der Waals surface area (Å²) < 4.78 is 0. The summed E-state index contributed by atoms with van der Waals surface area (Å²) >= 11 is 0. The van der Waals surface area contributed by atoms with Gasteiger partial charge in [-0.05, 0) is 13.8 Å². The third-order valence-corrected chi connectivity index (χ3v) is 4.48. The summed E-state index contributed by atoms with van der Waals surface area (Å²) in [4.78, 5) is 18.4. The van der Waals surface area contributed by atoms with Crippen molar-refractivity contribution in [2.75, 3.05) is 59.4 Å². The van der Waals surface area contributed by atoms with E-state index < -0.39 is 11.6 Å². The molecule has 0 spiro atoms. The molecular weight excluding hydrogens is 256 g/mol.